The highest BCUT2D eigenvalue weighted by molar-refractivity contribution is 6.77. The topological polar surface area (TPSA) is 66.8 Å². The summed E-state index contributed by atoms with van der Waals surface area (Å²) in [5.41, 5.74) is 2.33. The molecule has 0 amide bonds. The van der Waals surface area contributed by atoms with Gasteiger partial charge in [-0.2, -0.15) is 0 Å². The number of rotatable bonds is 8. The molecule has 0 heterocycles. The largest absolute Gasteiger partial charge is 0.508 e. The molecule has 0 aliphatic carbocycles. The van der Waals surface area contributed by atoms with E-state index in [-0.39, 0.29) is 28.9 Å². The van der Waals surface area contributed by atoms with Gasteiger partial charge in [-0.15, -0.1) is 0 Å². The molecule has 0 aliphatic rings. The molecule has 1 aromatic rings. The lowest BCUT2D eigenvalue weighted by atomic mass is 9.98. The standard InChI is InChI=1S/C20H34O4Si/c1-12(2)25(13(3)4,14(5)6)24-15(7)9-17-10-18(22)11-19(23)20(17)16(8)21/h10-15,22-23H,9H2,1-8H3/t15-/m0/s1. The lowest BCUT2D eigenvalue weighted by molar-refractivity contribution is 0.101. The Balaban J connectivity index is 3.18. The van der Waals surface area contributed by atoms with Gasteiger partial charge < -0.3 is 14.6 Å². The van der Waals surface area contributed by atoms with Crippen molar-refractivity contribution in [3.8, 4) is 11.5 Å². The zero-order chi connectivity index (χ0) is 19.5. The normalized spacial score (nSPS) is 13.7. The zero-order valence-corrected chi connectivity index (χ0v) is 17.9. The Labute approximate surface area is 153 Å². The molecule has 0 fully saturated rings. The molecule has 142 valence electrons. The maximum absolute atomic E-state index is 11.9. The molecule has 5 heteroatoms. The Morgan fingerprint density at radius 2 is 1.48 bits per heavy atom. The lowest BCUT2D eigenvalue weighted by Crippen LogP contribution is -2.50. The first-order chi connectivity index (χ1) is 11.4. The average Bonchev–Trinajstić information content (AvgIpc) is 2.41. The number of phenols is 2. The van der Waals surface area contributed by atoms with Gasteiger partial charge in [0, 0.05) is 12.2 Å². The molecule has 0 aliphatic heterocycles. The first kappa shape index (κ1) is 21.7. The molecule has 25 heavy (non-hydrogen) atoms. The van der Waals surface area contributed by atoms with E-state index in [4.69, 9.17) is 4.43 Å². The van der Waals surface area contributed by atoms with E-state index in [2.05, 4.69) is 41.5 Å². The number of benzene rings is 1. The average molecular weight is 367 g/mol. The number of hydrogen-bond acceptors (Lipinski definition) is 4. The van der Waals surface area contributed by atoms with Crippen molar-refractivity contribution in [2.24, 2.45) is 0 Å². The van der Waals surface area contributed by atoms with Crippen LogP contribution in [-0.4, -0.2) is 30.4 Å². The van der Waals surface area contributed by atoms with Gasteiger partial charge in [0.1, 0.15) is 11.5 Å². The smallest absolute Gasteiger partial charge is 0.200 e. The first-order valence-electron chi connectivity index (χ1n) is 9.17. The van der Waals surface area contributed by atoms with Crippen LogP contribution >= 0.6 is 0 Å². The first-order valence-corrected chi connectivity index (χ1v) is 11.3. The molecular weight excluding hydrogens is 332 g/mol. The summed E-state index contributed by atoms with van der Waals surface area (Å²) >= 11 is 0. The van der Waals surface area contributed by atoms with Crippen LogP contribution in [0.1, 0.15) is 71.3 Å². The maximum atomic E-state index is 11.9. The van der Waals surface area contributed by atoms with Crippen molar-refractivity contribution in [2.75, 3.05) is 0 Å². The molecule has 2 N–H and O–H groups in total. The second kappa shape index (κ2) is 8.36. The van der Waals surface area contributed by atoms with Gasteiger partial charge >= 0.3 is 0 Å². The third-order valence-electron chi connectivity index (χ3n) is 5.16. The molecule has 1 aromatic carbocycles. The van der Waals surface area contributed by atoms with Crippen LogP contribution in [0.5, 0.6) is 11.5 Å². The van der Waals surface area contributed by atoms with E-state index in [0.29, 0.717) is 28.6 Å². The SMILES string of the molecule is CC(=O)c1c(O)cc(O)cc1C[C@H](C)O[Si](C(C)C)(C(C)C)C(C)C. The van der Waals surface area contributed by atoms with Crippen LogP contribution in [0.15, 0.2) is 12.1 Å². The molecule has 4 nitrogen and oxygen atoms in total. The van der Waals surface area contributed by atoms with Crippen LogP contribution < -0.4 is 0 Å². The van der Waals surface area contributed by atoms with Gasteiger partial charge in [-0.05, 0) is 48.5 Å². The van der Waals surface area contributed by atoms with Crippen molar-refractivity contribution in [3.63, 3.8) is 0 Å². The summed E-state index contributed by atoms with van der Waals surface area (Å²) in [5, 5.41) is 19.8. The van der Waals surface area contributed by atoms with E-state index in [0.717, 1.165) is 0 Å². The summed E-state index contributed by atoms with van der Waals surface area (Å²) in [6, 6.07) is 2.76. The monoisotopic (exact) mass is 366 g/mol. The van der Waals surface area contributed by atoms with Gasteiger partial charge in [0.05, 0.1) is 5.56 Å². The Kier molecular flexibility index (Phi) is 7.26. The molecule has 0 spiro atoms. The van der Waals surface area contributed by atoms with Crippen molar-refractivity contribution in [1.82, 2.24) is 0 Å². The summed E-state index contributed by atoms with van der Waals surface area (Å²) in [4.78, 5) is 11.9. The number of Topliss-reactive ketones (excluding diaryl/α,β-unsaturated/α-hetero) is 1. The quantitative estimate of drug-likeness (QED) is 0.476. The van der Waals surface area contributed by atoms with Gasteiger partial charge in [-0.25, -0.2) is 0 Å². The molecular formula is C20H34O4Si. The third kappa shape index (κ3) is 4.64. The number of carbonyl (C=O) groups excluding carboxylic acids is 1. The lowest BCUT2D eigenvalue weighted by Gasteiger charge is -2.44. The van der Waals surface area contributed by atoms with Gasteiger partial charge in [0.15, 0.2) is 5.78 Å². The number of phenolic OH excluding ortho intramolecular Hbond substituents is 2. The minimum atomic E-state index is -2.03. The summed E-state index contributed by atoms with van der Waals surface area (Å²) in [6.45, 7) is 16.9. The summed E-state index contributed by atoms with van der Waals surface area (Å²) in [6.07, 6.45) is 0.385. The second-order valence-corrected chi connectivity index (χ2v) is 13.4. The van der Waals surface area contributed by atoms with Crippen molar-refractivity contribution in [3.05, 3.63) is 23.3 Å². The number of carbonyl (C=O) groups is 1. The van der Waals surface area contributed by atoms with Crippen molar-refractivity contribution >= 4 is 14.1 Å². The van der Waals surface area contributed by atoms with Crippen molar-refractivity contribution < 1.29 is 19.4 Å². The molecule has 1 rings (SSSR count). The zero-order valence-electron chi connectivity index (χ0n) is 16.9. The molecule has 1 atom stereocenters. The predicted octanol–water partition coefficient (Wildman–Crippen LogP) is 5.42. The van der Waals surface area contributed by atoms with Crippen LogP contribution in [0.25, 0.3) is 0 Å². The Hall–Kier alpha value is -1.33. The van der Waals surface area contributed by atoms with E-state index >= 15 is 0 Å². The van der Waals surface area contributed by atoms with E-state index in [9.17, 15) is 15.0 Å². The maximum Gasteiger partial charge on any atom is 0.200 e. The van der Waals surface area contributed by atoms with E-state index in [1.54, 1.807) is 6.07 Å². The molecule has 0 radical (unpaired) electrons. The fourth-order valence-corrected chi connectivity index (χ4v) is 9.94. The van der Waals surface area contributed by atoms with Gasteiger partial charge in [-0.1, -0.05) is 41.5 Å². The minimum Gasteiger partial charge on any atom is -0.508 e. The molecule has 0 unspecified atom stereocenters. The highest BCUT2D eigenvalue weighted by Crippen LogP contribution is 2.43. The summed E-state index contributed by atoms with van der Waals surface area (Å²) in [5.74, 6) is -0.417. The fraction of sp³-hybridized carbons (Fsp3) is 0.650. The highest BCUT2D eigenvalue weighted by Gasteiger charge is 2.46. The van der Waals surface area contributed by atoms with Gasteiger partial charge in [0.2, 0.25) is 8.32 Å². The van der Waals surface area contributed by atoms with Crippen LogP contribution in [0.3, 0.4) is 0 Å². The van der Waals surface area contributed by atoms with Crippen molar-refractivity contribution in [1.29, 1.82) is 0 Å². The van der Waals surface area contributed by atoms with Crippen molar-refractivity contribution in [2.45, 2.75) is 84.5 Å². The molecule has 0 bridgehead atoms. The fourth-order valence-electron chi connectivity index (χ4n) is 4.34. The Bertz CT molecular complexity index is 586. The predicted molar refractivity (Wildman–Crippen MR) is 105 cm³/mol. The summed E-state index contributed by atoms with van der Waals surface area (Å²) < 4.78 is 6.71. The molecule has 0 saturated carbocycles. The van der Waals surface area contributed by atoms with Gasteiger partial charge in [-0.3, -0.25) is 4.79 Å². The number of aromatic hydroxyl groups is 2. The Morgan fingerprint density at radius 3 is 1.88 bits per heavy atom. The number of ketones is 1. The second-order valence-electron chi connectivity index (χ2n) is 8.01. The van der Waals surface area contributed by atoms with Crippen LogP contribution in [0, 0.1) is 0 Å². The van der Waals surface area contributed by atoms with E-state index < -0.39 is 8.32 Å². The van der Waals surface area contributed by atoms with Crippen LogP contribution in [0.2, 0.25) is 16.6 Å². The number of hydrogen-bond donors (Lipinski definition) is 2. The minimum absolute atomic E-state index is 0.0372. The van der Waals surface area contributed by atoms with E-state index in [1.165, 1.54) is 13.0 Å². The third-order valence-corrected chi connectivity index (χ3v) is 11.4. The summed E-state index contributed by atoms with van der Waals surface area (Å²) in [7, 11) is -2.03. The van der Waals surface area contributed by atoms with Crippen LogP contribution in [0.4, 0.5) is 0 Å². The highest BCUT2D eigenvalue weighted by atomic mass is 28.4. The molecule has 0 aromatic heterocycles. The van der Waals surface area contributed by atoms with E-state index in [1.807, 2.05) is 6.92 Å². The molecule has 0 saturated heterocycles. The Morgan fingerprint density at radius 1 is 1.00 bits per heavy atom. The van der Waals surface area contributed by atoms with Crippen LogP contribution in [-0.2, 0) is 10.8 Å². The van der Waals surface area contributed by atoms with Gasteiger partial charge in [0.25, 0.3) is 0 Å².